The van der Waals surface area contributed by atoms with Gasteiger partial charge < -0.3 is 9.13 Å². The Morgan fingerprint density at radius 1 is 0.525 bits per heavy atom. The fourth-order valence-corrected chi connectivity index (χ4v) is 8.53. The van der Waals surface area contributed by atoms with E-state index in [0.29, 0.717) is 6.04 Å². The van der Waals surface area contributed by atoms with Crippen LogP contribution in [0.15, 0.2) is 132 Å². The van der Waals surface area contributed by atoms with E-state index in [1.54, 1.807) is 0 Å². The molecule has 2 aromatic heterocycles. The van der Waals surface area contributed by atoms with Gasteiger partial charge in [0.05, 0.1) is 23.6 Å². The number of hydrogen-bond donors (Lipinski definition) is 0. The van der Waals surface area contributed by atoms with Crippen molar-refractivity contribution in [2.24, 2.45) is 0 Å². The molecule has 0 saturated carbocycles. The molecule has 0 N–H and O–H groups in total. The van der Waals surface area contributed by atoms with Crippen LogP contribution in [-0.2, 0) is 26.2 Å². The highest BCUT2D eigenvalue weighted by Gasteiger charge is 2.26. The van der Waals surface area contributed by atoms with E-state index in [1.807, 2.05) is 0 Å². The minimum absolute atomic E-state index is 0.271. The summed E-state index contributed by atoms with van der Waals surface area (Å²) >= 11 is 3.82. The summed E-state index contributed by atoms with van der Waals surface area (Å²) < 4.78 is 5.87. The molecule has 0 aliphatic heterocycles. The second-order valence-corrected chi connectivity index (χ2v) is 16.6. The smallest absolute Gasteiger partial charge is 0.141 e. The Balaban J connectivity index is 0.000000224. The van der Waals surface area contributed by atoms with E-state index in [0.717, 1.165) is 61.9 Å². The highest BCUT2D eigenvalue weighted by atomic mass is 79.9. The van der Waals surface area contributed by atoms with Gasteiger partial charge in [0.2, 0.25) is 0 Å². The van der Waals surface area contributed by atoms with Gasteiger partial charge >= 0.3 is 0 Å². The summed E-state index contributed by atoms with van der Waals surface area (Å²) in [5.74, 6) is 2.16. The number of benzene rings is 4. The molecular weight excluding hydrogens is 789 g/mol. The predicted octanol–water partition coefficient (Wildman–Crippen LogP) is 14.2. The highest BCUT2D eigenvalue weighted by Crippen LogP contribution is 2.34. The quantitative estimate of drug-likeness (QED) is 0.0682. The van der Waals surface area contributed by atoms with Gasteiger partial charge in [-0.25, -0.2) is 9.97 Å². The SMILES string of the molecule is CCCCN(Cc1ccccc1)C(C)c1c(Br)nc(-c2ccccc2)n1CCCC.CCCCN(Cc1ccccc1)C(C)c1cnc(-c2ccccc2)n1CCCC. The molecule has 6 rings (SSSR count). The van der Waals surface area contributed by atoms with Gasteiger partial charge in [0.15, 0.2) is 0 Å². The molecule has 0 radical (unpaired) electrons. The van der Waals surface area contributed by atoms with Crippen molar-refractivity contribution in [3.63, 3.8) is 0 Å². The maximum Gasteiger partial charge on any atom is 0.141 e. The van der Waals surface area contributed by atoms with Crippen molar-refractivity contribution >= 4 is 15.9 Å². The number of aromatic nitrogens is 4. The largest absolute Gasteiger partial charge is 0.327 e. The van der Waals surface area contributed by atoms with Crippen LogP contribution in [0.25, 0.3) is 22.8 Å². The van der Waals surface area contributed by atoms with E-state index in [2.05, 4.69) is 204 Å². The molecule has 0 spiro atoms. The van der Waals surface area contributed by atoms with Gasteiger partial charge in [0.25, 0.3) is 0 Å². The number of imidazole rings is 2. The third kappa shape index (κ3) is 13.1. The zero-order chi connectivity index (χ0) is 41.8. The molecule has 2 atom stereocenters. The standard InChI is InChI=1S/C26H34BrN3.C26H35N3/c1-4-6-18-29(20-22-14-10-8-11-15-22)21(3)24-25(27)28-26(30(24)19-7-5-2)23-16-12-9-13-17-23;1-4-6-18-28(21-23-14-10-8-11-15-23)22(3)25-20-27-26(29(25)19-7-5-2)24-16-12-9-13-17-24/h8-17,21H,4-7,18-20H2,1-3H3;8-17,20,22H,4-7,18-19,21H2,1-3H3. The molecule has 0 aliphatic rings. The molecule has 314 valence electrons. The first-order valence-electron chi connectivity index (χ1n) is 22.4. The molecular formula is C52H69BrN6. The molecule has 2 unspecified atom stereocenters. The molecule has 7 heteroatoms. The van der Waals surface area contributed by atoms with Crippen molar-refractivity contribution in [1.82, 2.24) is 28.9 Å². The Morgan fingerprint density at radius 2 is 0.949 bits per heavy atom. The van der Waals surface area contributed by atoms with Gasteiger partial charge in [0.1, 0.15) is 16.3 Å². The summed E-state index contributed by atoms with van der Waals surface area (Å²) in [4.78, 5) is 15.0. The highest BCUT2D eigenvalue weighted by molar-refractivity contribution is 9.10. The lowest BCUT2D eigenvalue weighted by molar-refractivity contribution is 0.190. The Hall–Kier alpha value is -4.30. The van der Waals surface area contributed by atoms with Crippen molar-refractivity contribution < 1.29 is 0 Å². The van der Waals surface area contributed by atoms with Gasteiger partial charge in [-0.05, 0) is 79.7 Å². The van der Waals surface area contributed by atoms with E-state index < -0.39 is 0 Å². The zero-order valence-corrected chi connectivity index (χ0v) is 38.3. The summed E-state index contributed by atoms with van der Waals surface area (Å²) in [6.45, 7) is 19.8. The monoisotopic (exact) mass is 856 g/mol. The molecule has 2 heterocycles. The number of hydrogen-bond acceptors (Lipinski definition) is 4. The molecule has 0 saturated heterocycles. The first-order chi connectivity index (χ1) is 28.9. The van der Waals surface area contributed by atoms with Crippen molar-refractivity contribution in [2.75, 3.05) is 13.1 Å². The van der Waals surface area contributed by atoms with E-state index >= 15 is 0 Å². The summed E-state index contributed by atoms with van der Waals surface area (Å²) in [5.41, 5.74) is 7.72. The van der Waals surface area contributed by atoms with Crippen LogP contribution in [-0.4, -0.2) is 42.0 Å². The van der Waals surface area contributed by atoms with E-state index in [9.17, 15) is 0 Å². The van der Waals surface area contributed by atoms with Crippen LogP contribution in [0.2, 0.25) is 0 Å². The molecule has 0 amide bonds. The maximum atomic E-state index is 4.98. The number of halogens is 1. The average molecular weight is 858 g/mol. The van der Waals surface area contributed by atoms with Crippen molar-refractivity contribution in [3.8, 4) is 22.8 Å². The van der Waals surface area contributed by atoms with E-state index in [4.69, 9.17) is 9.97 Å². The van der Waals surface area contributed by atoms with Crippen LogP contribution in [0, 0.1) is 0 Å². The molecule has 0 fully saturated rings. The van der Waals surface area contributed by atoms with Crippen LogP contribution in [0.4, 0.5) is 0 Å². The molecule has 59 heavy (non-hydrogen) atoms. The molecule has 4 aromatic carbocycles. The molecule has 6 aromatic rings. The Kier molecular flexibility index (Phi) is 19.2. The van der Waals surface area contributed by atoms with Crippen LogP contribution in [0.1, 0.15) is 128 Å². The van der Waals surface area contributed by atoms with Crippen molar-refractivity contribution in [1.29, 1.82) is 0 Å². The predicted molar refractivity (Wildman–Crippen MR) is 253 cm³/mol. The van der Waals surface area contributed by atoms with E-state index in [-0.39, 0.29) is 6.04 Å². The Morgan fingerprint density at radius 3 is 1.42 bits per heavy atom. The number of nitrogens with zero attached hydrogens (tertiary/aromatic N) is 6. The molecule has 0 bridgehead atoms. The zero-order valence-electron chi connectivity index (χ0n) is 36.7. The van der Waals surface area contributed by atoms with Gasteiger partial charge in [-0.3, -0.25) is 9.80 Å². The number of rotatable bonds is 22. The van der Waals surface area contributed by atoms with Gasteiger partial charge in [-0.2, -0.15) is 0 Å². The Bertz CT molecular complexity index is 2030. The van der Waals surface area contributed by atoms with Crippen molar-refractivity contribution in [3.05, 3.63) is 155 Å². The fourth-order valence-electron chi connectivity index (χ4n) is 7.81. The fraction of sp³-hybridized carbons (Fsp3) is 0.423. The van der Waals surface area contributed by atoms with E-state index in [1.165, 1.54) is 78.6 Å². The van der Waals surface area contributed by atoms with Crippen LogP contribution in [0.5, 0.6) is 0 Å². The minimum atomic E-state index is 0.271. The lowest BCUT2D eigenvalue weighted by Gasteiger charge is -2.30. The average Bonchev–Trinajstić information content (AvgIpc) is 3.86. The van der Waals surface area contributed by atoms with Gasteiger partial charge in [-0.1, -0.05) is 175 Å². The van der Waals surface area contributed by atoms with Crippen molar-refractivity contribution in [2.45, 2.75) is 131 Å². The summed E-state index contributed by atoms with van der Waals surface area (Å²) in [6, 6.07) is 43.4. The lowest BCUT2D eigenvalue weighted by atomic mass is 10.1. The second kappa shape index (κ2) is 24.7. The second-order valence-electron chi connectivity index (χ2n) is 15.8. The third-order valence-electron chi connectivity index (χ3n) is 11.4. The maximum absolute atomic E-state index is 4.98. The molecule has 0 aliphatic carbocycles. The first-order valence-corrected chi connectivity index (χ1v) is 23.2. The first kappa shape index (κ1) is 45.8. The topological polar surface area (TPSA) is 42.1 Å². The van der Waals surface area contributed by atoms with Crippen LogP contribution >= 0.6 is 15.9 Å². The third-order valence-corrected chi connectivity index (χ3v) is 11.9. The normalized spacial score (nSPS) is 12.4. The summed E-state index contributed by atoms with van der Waals surface area (Å²) in [5, 5.41) is 0. The van der Waals surface area contributed by atoms with Gasteiger partial charge in [-0.15, -0.1) is 0 Å². The van der Waals surface area contributed by atoms with Crippen LogP contribution < -0.4 is 0 Å². The van der Waals surface area contributed by atoms with Gasteiger partial charge in [0, 0.05) is 43.3 Å². The summed E-state index contributed by atoms with van der Waals surface area (Å²) in [7, 11) is 0. The Labute approximate surface area is 364 Å². The molecule has 6 nitrogen and oxygen atoms in total. The number of unbranched alkanes of at least 4 members (excludes halogenated alkanes) is 4. The van der Waals surface area contributed by atoms with Crippen LogP contribution in [0.3, 0.4) is 0 Å². The summed E-state index contributed by atoms with van der Waals surface area (Å²) in [6.07, 6.45) is 11.6. The minimum Gasteiger partial charge on any atom is -0.327 e. The lowest BCUT2D eigenvalue weighted by Crippen LogP contribution is -2.29.